The number of nitrogens with zero attached hydrogens (tertiary/aromatic N) is 2. The van der Waals surface area contributed by atoms with Crippen LogP contribution in [0.4, 0.5) is 0 Å². The van der Waals surface area contributed by atoms with E-state index >= 15 is 0 Å². The molecule has 0 bridgehead atoms. The number of hydrogen-bond donors (Lipinski definition) is 0. The summed E-state index contributed by atoms with van der Waals surface area (Å²) < 4.78 is 4.92. The van der Waals surface area contributed by atoms with Gasteiger partial charge in [0.25, 0.3) is 0 Å². The molecule has 0 amide bonds. The molecule has 0 atom stereocenters. The smallest absolute Gasteiger partial charge is 0.220 e. The van der Waals surface area contributed by atoms with Crippen molar-refractivity contribution in [1.29, 1.82) is 10.5 Å². The van der Waals surface area contributed by atoms with Crippen molar-refractivity contribution in [3.63, 3.8) is 0 Å². The second-order valence-electron chi connectivity index (χ2n) is 2.51. The van der Waals surface area contributed by atoms with Gasteiger partial charge in [-0.2, -0.15) is 10.5 Å². The second kappa shape index (κ2) is 5.21. The fraction of sp³-hybridized carbons (Fsp3) is 0. The quantitative estimate of drug-likeness (QED) is 0.531. The van der Waals surface area contributed by atoms with Crippen molar-refractivity contribution in [2.75, 3.05) is 0 Å². The fourth-order valence-corrected chi connectivity index (χ4v) is 0.812. The third kappa shape index (κ3) is 2.98. The molecule has 0 radical (unpaired) electrons. The molecule has 4 nitrogen and oxygen atoms in total. The molecule has 1 aromatic rings. The molecule has 0 saturated heterocycles. The largest absolute Gasteiger partial charge is 0.459 e. The molecule has 0 aliphatic rings. The maximum atomic E-state index is 11.3. The predicted molar refractivity (Wildman–Crippen MR) is 52.6 cm³/mol. The Morgan fingerprint density at radius 3 is 2.53 bits per heavy atom. The second-order valence-corrected chi connectivity index (χ2v) is 2.51. The molecule has 0 aromatic heterocycles. The lowest BCUT2D eigenvalue weighted by Gasteiger charge is -1.93. The van der Waals surface area contributed by atoms with E-state index in [9.17, 15) is 4.79 Å². The summed E-state index contributed by atoms with van der Waals surface area (Å²) >= 11 is 0. The van der Waals surface area contributed by atoms with E-state index in [4.69, 9.17) is 15.3 Å². The van der Waals surface area contributed by atoms with Crippen molar-refractivity contribution in [3.8, 4) is 17.9 Å². The summed E-state index contributed by atoms with van der Waals surface area (Å²) in [5, 5.41) is 16.8. The molecule has 0 unspecified atom stereocenters. The Labute approximate surface area is 86.3 Å². The molecule has 0 heterocycles. The Morgan fingerprint density at radius 2 is 1.87 bits per heavy atom. The first kappa shape index (κ1) is 10.5. The monoisotopic (exact) mass is 198 g/mol. The van der Waals surface area contributed by atoms with Gasteiger partial charge >= 0.3 is 0 Å². The summed E-state index contributed by atoms with van der Waals surface area (Å²) in [6.45, 7) is 0. The van der Waals surface area contributed by atoms with Crippen LogP contribution >= 0.6 is 0 Å². The Morgan fingerprint density at radius 1 is 1.20 bits per heavy atom. The summed E-state index contributed by atoms with van der Waals surface area (Å²) in [5.74, 6) is 0.0722. The lowest BCUT2D eigenvalue weighted by atomic mass is 10.4. The third-order valence-corrected chi connectivity index (χ3v) is 1.50. The Balaban J connectivity index is 3.00. The number of rotatable bonds is 2. The van der Waals surface area contributed by atoms with Crippen molar-refractivity contribution in [3.05, 3.63) is 52.4 Å². The molecule has 0 aliphatic heterocycles. The highest BCUT2D eigenvalue weighted by atomic mass is 16.5. The van der Waals surface area contributed by atoms with Crippen LogP contribution in [-0.4, -0.2) is 0 Å². The van der Waals surface area contributed by atoms with Gasteiger partial charge in [0.15, 0.2) is 11.3 Å². The summed E-state index contributed by atoms with van der Waals surface area (Å²) in [7, 11) is 0. The molecule has 0 spiro atoms. The highest BCUT2D eigenvalue weighted by molar-refractivity contribution is 5.34. The first-order valence-electron chi connectivity index (χ1n) is 4.04. The van der Waals surface area contributed by atoms with E-state index in [-0.39, 0.29) is 16.8 Å². The van der Waals surface area contributed by atoms with Gasteiger partial charge in [0.05, 0.1) is 0 Å². The van der Waals surface area contributed by atoms with Gasteiger partial charge in [0.1, 0.15) is 18.4 Å². The minimum Gasteiger partial charge on any atom is -0.459 e. The molecule has 0 saturated carbocycles. The van der Waals surface area contributed by atoms with Gasteiger partial charge < -0.3 is 4.74 Å². The summed E-state index contributed by atoms with van der Waals surface area (Å²) in [4.78, 5) is 11.3. The van der Waals surface area contributed by atoms with Crippen molar-refractivity contribution in [2.45, 2.75) is 0 Å². The lowest BCUT2D eigenvalue weighted by Crippen LogP contribution is -1.99. The van der Waals surface area contributed by atoms with Gasteiger partial charge in [-0.15, -0.1) is 0 Å². The first-order chi connectivity index (χ1) is 7.27. The van der Waals surface area contributed by atoms with Crippen molar-refractivity contribution in [1.82, 2.24) is 0 Å². The van der Waals surface area contributed by atoms with E-state index in [2.05, 4.69) is 0 Å². The van der Waals surface area contributed by atoms with Crippen LogP contribution in [0.3, 0.4) is 0 Å². The fourth-order valence-electron chi connectivity index (χ4n) is 0.812. The van der Waals surface area contributed by atoms with E-state index in [0.29, 0.717) is 0 Å². The number of allylic oxidation sites excluding steroid dienone is 1. The minimum atomic E-state index is -0.313. The Bertz CT molecular complexity index is 505. The van der Waals surface area contributed by atoms with Crippen LogP contribution in [0.2, 0.25) is 0 Å². The molecular weight excluding hydrogens is 192 g/mol. The molecule has 72 valence electrons. The van der Waals surface area contributed by atoms with Gasteiger partial charge in [0.2, 0.25) is 5.43 Å². The third-order valence-electron chi connectivity index (χ3n) is 1.50. The average molecular weight is 198 g/mol. The molecule has 15 heavy (non-hydrogen) atoms. The molecular formula is C11H6N2O2. The van der Waals surface area contributed by atoms with Gasteiger partial charge in [-0.1, -0.05) is 18.2 Å². The van der Waals surface area contributed by atoms with Crippen LogP contribution < -0.4 is 10.2 Å². The topological polar surface area (TPSA) is 73.9 Å². The zero-order chi connectivity index (χ0) is 11.1. The molecule has 0 aliphatic carbocycles. The van der Waals surface area contributed by atoms with Gasteiger partial charge in [-0.05, 0) is 12.1 Å². The number of hydrogen-bond acceptors (Lipinski definition) is 4. The van der Waals surface area contributed by atoms with Crippen LogP contribution in [0, 0.1) is 22.7 Å². The maximum Gasteiger partial charge on any atom is 0.220 e. The van der Waals surface area contributed by atoms with Crippen molar-refractivity contribution in [2.24, 2.45) is 0 Å². The Hall–Kier alpha value is -2.59. The summed E-state index contributed by atoms with van der Waals surface area (Å²) in [6.07, 6.45) is 0.955. The highest BCUT2D eigenvalue weighted by Gasteiger charge is 1.96. The zero-order valence-electron chi connectivity index (χ0n) is 7.68. The van der Waals surface area contributed by atoms with Crippen molar-refractivity contribution >= 4 is 0 Å². The van der Waals surface area contributed by atoms with Crippen molar-refractivity contribution < 1.29 is 4.74 Å². The normalized spacial score (nSPS) is 8.13. The molecule has 4 heteroatoms. The van der Waals surface area contributed by atoms with Gasteiger partial charge in [0, 0.05) is 0 Å². The molecule has 0 N–H and O–H groups in total. The Kier molecular flexibility index (Phi) is 3.64. The van der Waals surface area contributed by atoms with E-state index in [1.54, 1.807) is 30.3 Å². The summed E-state index contributed by atoms with van der Waals surface area (Å²) in [6, 6.07) is 10.9. The van der Waals surface area contributed by atoms with Crippen LogP contribution in [0.15, 0.2) is 47.0 Å². The first-order valence-corrected chi connectivity index (χ1v) is 4.04. The van der Waals surface area contributed by atoms with E-state index < -0.39 is 0 Å². The van der Waals surface area contributed by atoms with Crippen LogP contribution in [0.1, 0.15) is 0 Å². The average Bonchev–Trinajstić information content (AvgIpc) is 2.45. The predicted octanol–water partition coefficient (Wildman–Crippen LogP) is 1.36. The van der Waals surface area contributed by atoms with E-state index in [1.807, 2.05) is 0 Å². The van der Waals surface area contributed by atoms with E-state index in [1.165, 1.54) is 12.1 Å². The highest BCUT2D eigenvalue weighted by Crippen LogP contribution is 2.02. The van der Waals surface area contributed by atoms with Crippen LogP contribution in [0.5, 0.6) is 5.75 Å². The van der Waals surface area contributed by atoms with E-state index in [0.717, 1.165) is 6.26 Å². The van der Waals surface area contributed by atoms with Gasteiger partial charge in [-0.3, -0.25) is 4.79 Å². The molecule has 1 rings (SSSR count). The lowest BCUT2D eigenvalue weighted by molar-refractivity contribution is 0.475. The maximum absolute atomic E-state index is 11.3. The zero-order valence-corrected chi connectivity index (χ0v) is 7.68. The standard InChI is InChI=1S/C11H6N2O2/c12-6-9(7-13)8-15-11-5-3-1-2-4-10(11)14/h1-5,8H. The summed E-state index contributed by atoms with van der Waals surface area (Å²) in [5.41, 5.74) is -0.507. The molecule has 1 aromatic carbocycles. The number of nitriles is 2. The molecule has 0 fully saturated rings. The SMILES string of the molecule is N#CC(C#N)=COc1cccccc1=O. The minimum absolute atomic E-state index is 0.0722. The van der Waals surface area contributed by atoms with Crippen LogP contribution in [-0.2, 0) is 0 Å². The number of ether oxygens (including phenoxy) is 1. The van der Waals surface area contributed by atoms with Gasteiger partial charge in [-0.25, -0.2) is 0 Å². The van der Waals surface area contributed by atoms with Crippen LogP contribution in [0.25, 0.3) is 0 Å².